The van der Waals surface area contributed by atoms with E-state index in [0.29, 0.717) is 6.79 Å². The van der Waals surface area contributed by atoms with Crippen LogP contribution in [0.3, 0.4) is 0 Å². The topological polar surface area (TPSA) is 18.5 Å². The molecule has 0 N–H and O–H groups in total. The van der Waals surface area contributed by atoms with Crippen LogP contribution >= 0.6 is 0 Å². The molecule has 1 saturated heterocycles. The molecule has 0 saturated carbocycles. The quantitative estimate of drug-likeness (QED) is 0.580. The molecule has 0 aliphatic carbocycles. The second-order valence-electron chi connectivity index (χ2n) is 2.12. The van der Waals surface area contributed by atoms with Gasteiger partial charge in [-0.05, 0) is 6.07 Å². The third kappa shape index (κ3) is 0.916. The summed E-state index contributed by atoms with van der Waals surface area (Å²) in [6, 6.07) is 10.5. The third-order valence-electron chi connectivity index (χ3n) is 1.46. The first-order chi connectivity index (χ1) is 4.97. The second-order valence-corrected chi connectivity index (χ2v) is 2.12. The minimum atomic E-state index is -0.130. The van der Waals surface area contributed by atoms with Crippen LogP contribution in [0.4, 0.5) is 0 Å². The molecular weight excluding hydrogens is 128 g/mol. The highest BCUT2D eigenvalue weighted by molar-refractivity contribution is 5.15. The molecular formula is C8H7O2. The summed E-state index contributed by atoms with van der Waals surface area (Å²) in [7, 11) is 0. The zero-order valence-electron chi connectivity index (χ0n) is 5.41. The number of rotatable bonds is 1. The van der Waals surface area contributed by atoms with E-state index in [0.717, 1.165) is 5.56 Å². The molecule has 0 aromatic heterocycles. The van der Waals surface area contributed by atoms with E-state index in [9.17, 15) is 0 Å². The van der Waals surface area contributed by atoms with Gasteiger partial charge in [-0.15, -0.1) is 0 Å². The Labute approximate surface area is 59.4 Å². The summed E-state index contributed by atoms with van der Waals surface area (Å²) < 4.78 is 10.2. The van der Waals surface area contributed by atoms with E-state index in [4.69, 9.17) is 9.47 Å². The van der Waals surface area contributed by atoms with Gasteiger partial charge in [-0.3, -0.25) is 0 Å². The first kappa shape index (κ1) is 5.89. The molecule has 2 rings (SSSR count). The highest BCUT2D eigenvalue weighted by Crippen LogP contribution is 2.24. The molecule has 51 valence electrons. The molecule has 0 unspecified atom stereocenters. The second kappa shape index (κ2) is 2.40. The molecule has 0 bridgehead atoms. The molecule has 1 aliphatic rings. The Morgan fingerprint density at radius 2 is 2.00 bits per heavy atom. The van der Waals surface area contributed by atoms with E-state index in [1.807, 2.05) is 24.3 Å². The van der Waals surface area contributed by atoms with E-state index >= 15 is 0 Å². The summed E-state index contributed by atoms with van der Waals surface area (Å²) in [6.07, 6.45) is -0.130. The molecule has 10 heavy (non-hydrogen) atoms. The fraction of sp³-hybridized carbons (Fsp3) is 0.250. The number of hydrogen-bond acceptors (Lipinski definition) is 2. The smallest absolute Gasteiger partial charge is 0.189 e. The van der Waals surface area contributed by atoms with Gasteiger partial charge < -0.3 is 9.47 Å². The molecule has 0 spiro atoms. The highest BCUT2D eigenvalue weighted by Gasteiger charge is 2.19. The van der Waals surface area contributed by atoms with Crippen LogP contribution in [0.1, 0.15) is 11.9 Å². The van der Waals surface area contributed by atoms with Gasteiger partial charge in [0.05, 0.1) is 0 Å². The van der Waals surface area contributed by atoms with Crippen LogP contribution in [0, 0.1) is 6.07 Å². The summed E-state index contributed by atoms with van der Waals surface area (Å²) in [4.78, 5) is 0. The van der Waals surface area contributed by atoms with Crippen molar-refractivity contribution in [3.63, 3.8) is 0 Å². The van der Waals surface area contributed by atoms with Crippen LogP contribution in [-0.2, 0) is 9.47 Å². The van der Waals surface area contributed by atoms with Gasteiger partial charge in [0.1, 0.15) is 0 Å². The molecule has 1 fully saturated rings. The van der Waals surface area contributed by atoms with Gasteiger partial charge in [0.25, 0.3) is 0 Å². The van der Waals surface area contributed by atoms with Gasteiger partial charge in [-0.1, -0.05) is 24.3 Å². The van der Waals surface area contributed by atoms with Crippen LogP contribution in [0.5, 0.6) is 0 Å². The normalized spacial score (nSPS) is 18.4. The molecule has 2 nitrogen and oxygen atoms in total. The van der Waals surface area contributed by atoms with Crippen molar-refractivity contribution in [2.45, 2.75) is 6.29 Å². The maximum atomic E-state index is 5.08. The van der Waals surface area contributed by atoms with Crippen molar-refractivity contribution < 1.29 is 9.47 Å². The average Bonchev–Trinajstić information content (AvgIpc) is 1.86. The molecule has 1 heterocycles. The van der Waals surface area contributed by atoms with Gasteiger partial charge in [0.15, 0.2) is 13.1 Å². The van der Waals surface area contributed by atoms with Crippen molar-refractivity contribution in [1.29, 1.82) is 0 Å². The standard InChI is InChI=1S/C8H7O2/c1-2-4-7(5-3-1)8-9-6-10-8/h2-5,8H,6H2. The predicted octanol–water partition coefficient (Wildman–Crippen LogP) is 1.49. The SMILES string of the molecule is [c]1ccc(C2OCO2)cc1. The van der Waals surface area contributed by atoms with E-state index in [2.05, 4.69) is 6.07 Å². The molecule has 2 heteroatoms. The van der Waals surface area contributed by atoms with Crippen molar-refractivity contribution in [3.05, 3.63) is 35.9 Å². The molecule has 1 aromatic rings. The zero-order chi connectivity index (χ0) is 6.81. The van der Waals surface area contributed by atoms with E-state index < -0.39 is 0 Å². The Balaban J connectivity index is 2.18. The third-order valence-corrected chi connectivity index (χ3v) is 1.46. The number of ether oxygens (including phenoxy) is 2. The van der Waals surface area contributed by atoms with Gasteiger partial charge in [-0.25, -0.2) is 0 Å². The lowest BCUT2D eigenvalue weighted by Crippen LogP contribution is -2.21. The van der Waals surface area contributed by atoms with Crippen molar-refractivity contribution in [1.82, 2.24) is 0 Å². The molecule has 1 radical (unpaired) electrons. The van der Waals surface area contributed by atoms with Crippen LogP contribution in [-0.4, -0.2) is 6.79 Å². The minimum Gasteiger partial charge on any atom is -0.322 e. The van der Waals surface area contributed by atoms with Crippen LogP contribution < -0.4 is 0 Å². The van der Waals surface area contributed by atoms with E-state index in [1.54, 1.807) is 0 Å². The fourth-order valence-corrected chi connectivity index (χ4v) is 0.885. The Morgan fingerprint density at radius 1 is 1.30 bits per heavy atom. The van der Waals surface area contributed by atoms with Crippen molar-refractivity contribution in [2.24, 2.45) is 0 Å². The molecule has 1 aliphatic heterocycles. The van der Waals surface area contributed by atoms with Gasteiger partial charge in [0.2, 0.25) is 0 Å². The van der Waals surface area contributed by atoms with Crippen LogP contribution in [0.15, 0.2) is 24.3 Å². The Kier molecular flexibility index (Phi) is 1.42. The summed E-state index contributed by atoms with van der Waals surface area (Å²) in [5.74, 6) is 0. The van der Waals surface area contributed by atoms with Crippen molar-refractivity contribution >= 4 is 0 Å². The Bertz CT molecular complexity index is 204. The van der Waals surface area contributed by atoms with Gasteiger partial charge in [0, 0.05) is 5.56 Å². The predicted molar refractivity (Wildman–Crippen MR) is 35.1 cm³/mol. The molecule has 0 amide bonds. The molecule has 0 atom stereocenters. The largest absolute Gasteiger partial charge is 0.322 e. The number of hydrogen-bond donors (Lipinski definition) is 0. The molecule has 1 aromatic carbocycles. The first-order valence-corrected chi connectivity index (χ1v) is 3.16. The fourth-order valence-electron chi connectivity index (χ4n) is 0.885. The zero-order valence-corrected chi connectivity index (χ0v) is 5.41. The lowest BCUT2D eigenvalue weighted by Gasteiger charge is -2.26. The van der Waals surface area contributed by atoms with Crippen LogP contribution in [0.2, 0.25) is 0 Å². The lowest BCUT2D eigenvalue weighted by molar-refractivity contribution is -0.326. The summed E-state index contributed by atoms with van der Waals surface area (Å²) in [5, 5.41) is 0. The maximum absolute atomic E-state index is 5.08. The summed E-state index contributed by atoms with van der Waals surface area (Å²) in [5.41, 5.74) is 1.06. The average molecular weight is 135 g/mol. The van der Waals surface area contributed by atoms with E-state index in [-0.39, 0.29) is 6.29 Å². The maximum Gasteiger partial charge on any atom is 0.189 e. The van der Waals surface area contributed by atoms with Gasteiger partial charge >= 0.3 is 0 Å². The van der Waals surface area contributed by atoms with Gasteiger partial charge in [-0.2, -0.15) is 0 Å². The summed E-state index contributed by atoms with van der Waals surface area (Å²) in [6.45, 7) is 0.420. The minimum absolute atomic E-state index is 0.130. The number of benzene rings is 1. The lowest BCUT2D eigenvalue weighted by atomic mass is 10.2. The highest BCUT2D eigenvalue weighted by atomic mass is 16.8. The monoisotopic (exact) mass is 135 g/mol. The van der Waals surface area contributed by atoms with E-state index in [1.165, 1.54) is 0 Å². The van der Waals surface area contributed by atoms with Crippen molar-refractivity contribution in [3.8, 4) is 0 Å². The Hall–Kier alpha value is -0.860. The summed E-state index contributed by atoms with van der Waals surface area (Å²) >= 11 is 0. The first-order valence-electron chi connectivity index (χ1n) is 3.16. The van der Waals surface area contributed by atoms with Crippen LogP contribution in [0.25, 0.3) is 0 Å². The van der Waals surface area contributed by atoms with Crippen molar-refractivity contribution in [2.75, 3.05) is 6.79 Å². The Morgan fingerprint density at radius 3 is 2.50 bits per heavy atom.